The number of hydrogen-bond acceptors (Lipinski definition) is 5. The quantitative estimate of drug-likeness (QED) is 0.521. The lowest BCUT2D eigenvalue weighted by Gasteiger charge is -2.08. The number of carbonyl (C=O) groups excluding carboxylic acids is 1. The van der Waals surface area contributed by atoms with E-state index in [0.29, 0.717) is 33.2 Å². The summed E-state index contributed by atoms with van der Waals surface area (Å²) in [6, 6.07) is 10.0. The molecule has 0 aliphatic rings. The average Bonchev–Trinajstić information content (AvgIpc) is 2.58. The molecule has 2 aromatic carbocycles. The Hall–Kier alpha value is -2.25. The second-order valence-corrected chi connectivity index (χ2v) is 6.11. The highest BCUT2D eigenvalue weighted by Gasteiger charge is 2.08. The Morgan fingerprint density at radius 1 is 1.36 bits per heavy atom. The van der Waals surface area contributed by atoms with Gasteiger partial charge in [-0.15, -0.1) is 0 Å². The lowest BCUT2D eigenvalue weighted by molar-refractivity contribution is -0.123. The lowest BCUT2D eigenvalue weighted by Crippen LogP contribution is -2.24. The van der Waals surface area contributed by atoms with Crippen molar-refractivity contribution in [3.8, 4) is 17.2 Å². The van der Waals surface area contributed by atoms with E-state index in [-0.39, 0.29) is 12.4 Å². The van der Waals surface area contributed by atoms with E-state index in [9.17, 15) is 9.90 Å². The maximum absolute atomic E-state index is 11.7. The molecule has 2 aromatic rings. The van der Waals surface area contributed by atoms with Crippen LogP contribution >= 0.6 is 27.5 Å². The minimum Gasteiger partial charge on any atom is -0.503 e. The molecule has 0 saturated carbocycles. The molecule has 0 heterocycles. The predicted octanol–water partition coefficient (Wildman–Crippen LogP) is 3.74. The number of ether oxygens (including phenoxy) is 2. The molecule has 0 saturated heterocycles. The monoisotopic (exact) mass is 426 g/mol. The number of phenols is 1. The molecular weight excluding hydrogens is 412 g/mol. The minimum absolute atomic E-state index is 0.0120. The van der Waals surface area contributed by atoms with Gasteiger partial charge in [-0.05, 0) is 58.7 Å². The Balaban J connectivity index is 1.90. The number of halogens is 2. The van der Waals surface area contributed by atoms with Crippen LogP contribution in [-0.4, -0.2) is 30.4 Å². The molecule has 25 heavy (non-hydrogen) atoms. The van der Waals surface area contributed by atoms with Crippen LogP contribution in [0.1, 0.15) is 12.5 Å². The summed E-state index contributed by atoms with van der Waals surface area (Å²) in [6.45, 7) is 2.04. The van der Waals surface area contributed by atoms with Gasteiger partial charge in [0.1, 0.15) is 5.75 Å². The maximum atomic E-state index is 11.7. The van der Waals surface area contributed by atoms with E-state index in [1.165, 1.54) is 6.21 Å². The van der Waals surface area contributed by atoms with Crippen molar-refractivity contribution in [2.75, 3.05) is 13.2 Å². The highest BCUT2D eigenvalue weighted by atomic mass is 79.9. The molecule has 8 heteroatoms. The molecular formula is C17H16BrClN2O4. The van der Waals surface area contributed by atoms with Gasteiger partial charge in [0.05, 0.1) is 17.3 Å². The fourth-order valence-electron chi connectivity index (χ4n) is 1.85. The molecule has 0 aromatic heterocycles. The van der Waals surface area contributed by atoms with Crippen LogP contribution in [0.25, 0.3) is 0 Å². The van der Waals surface area contributed by atoms with Crippen LogP contribution in [0, 0.1) is 0 Å². The summed E-state index contributed by atoms with van der Waals surface area (Å²) < 4.78 is 11.1. The first-order chi connectivity index (χ1) is 12.0. The maximum Gasteiger partial charge on any atom is 0.277 e. The normalized spacial score (nSPS) is 10.7. The van der Waals surface area contributed by atoms with E-state index < -0.39 is 5.91 Å². The summed E-state index contributed by atoms with van der Waals surface area (Å²) in [5.41, 5.74) is 3.00. The standard InChI is InChI=1S/C17H16BrClN2O4/c1-2-24-15-7-11(6-14(18)17(15)23)9-20-21-16(22)10-25-13-5-3-4-12(19)8-13/h3-9,23H,2,10H2,1H3,(H,21,22)/b20-9-. The Morgan fingerprint density at radius 2 is 2.16 bits per heavy atom. The van der Waals surface area contributed by atoms with Gasteiger partial charge in [-0.1, -0.05) is 17.7 Å². The zero-order valence-electron chi connectivity index (χ0n) is 13.3. The van der Waals surface area contributed by atoms with E-state index in [1.54, 1.807) is 36.4 Å². The lowest BCUT2D eigenvalue weighted by atomic mass is 10.2. The second kappa shape index (κ2) is 9.29. The number of nitrogens with zero attached hydrogens (tertiary/aromatic N) is 1. The third kappa shape index (κ3) is 5.95. The second-order valence-electron chi connectivity index (χ2n) is 4.82. The van der Waals surface area contributed by atoms with E-state index in [1.807, 2.05) is 6.92 Å². The van der Waals surface area contributed by atoms with Crippen LogP contribution in [0.15, 0.2) is 46.0 Å². The van der Waals surface area contributed by atoms with Crippen LogP contribution in [-0.2, 0) is 4.79 Å². The Kier molecular flexibility index (Phi) is 7.09. The molecule has 0 aliphatic heterocycles. The smallest absolute Gasteiger partial charge is 0.277 e. The van der Waals surface area contributed by atoms with E-state index >= 15 is 0 Å². The molecule has 2 N–H and O–H groups in total. The summed E-state index contributed by atoms with van der Waals surface area (Å²) >= 11 is 9.07. The molecule has 0 spiro atoms. The number of benzene rings is 2. The molecule has 0 atom stereocenters. The van der Waals surface area contributed by atoms with Crippen molar-refractivity contribution in [3.63, 3.8) is 0 Å². The molecule has 0 bridgehead atoms. The third-order valence-electron chi connectivity index (χ3n) is 2.92. The largest absolute Gasteiger partial charge is 0.503 e. The molecule has 1 amide bonds. The van der Waals surface area contributed by atoms with Crippen molar-refractivity contribution in [2.24, 2.45) is 5.10 Å². The number of carbonyl (C=O) groups is 1. The van der Waals surface area contributed by atoms with Crippen molar-refractivity contribution in [3.05, 3.63) is 51.5 Å². The first-order valence-corrected chi connectivity index (χ1v) is 8.52. The van der Waals surface area contributed by atoms with Crippen LogP contribution in [0.3, 0.4) is 0 Å². The van der Waals surface area contributed by atoms with Gasteiger partial charge in [0.15, 0.2) is 18.1 Å². The van der Waals surface area contributed by atoms with Gasteiger partial charge in [0.2, 0.25) is 0 Å². The number of hydrazone groups is 1. The van der Waals surface area contributed by atoms with Gasteiger partial charge < -0.3 is 14.6 Å². The fourth-order valence-corrected chi connectivity index (χ4v) is 2.49. The average molecular weight is 428 g/mol. The Morgan fingerprint density at radius 3 is 2.88 bits per heavy atom. The molecule has 0 aliphatic carbocycles. The summed E-state index contributed by atoms with van der Waals surface area (Å²) in [5.74, 6) is 0.418. The summed E-state index contributed by atoms with van der Waals surface area (Å²) in [6.07, 6.45) is 1.43. The summed E-state index contributed by atoms with van der Waals surface area (Å²) in [4.78, 5) is 11.7. The summed E-state index contributed by atoms with van der Waals surface area (Å²) in [5, 5.41) is 14.2. The number of phenolic OH excluding ortho intramolecular Hbond substituents is 1. The van der Waals surface area contributed by atoms with Gasteiger partial charge in [0.25, 0.3) is 5.91 Å². The molecule has 0 unspecified atom stereocenters. The third-order valence-corrected chi connectivity index (χ3v) is 3.76. The molecule has 0 radical (unpaired) electrons. The van der Waals surface area contributed by atoms with Gasteiger partial charge >= 0.3 is 0 Å². The fraction of sp³-hybridized carbons (Fsp3) is 0.176. The van der Waals surface area contributed by atoms with Crippen molar-refractivity contribution in [2.45, 2.75) is 6.92 Å². The number of hydrogen-bond donors (Lipinski definition) is 2. The SMILES string of the molecule is CCOc1cc(/C=N\NC(=O)COc2cccc(Cl)c2)cc(Br)c1O. The predicted molar refractivity (Wildman–Crippen MR) is 99.7 cm³/mol. The van der Waals surface area contributed by atoms with Gasteiger partial charge in [-0.25, -0.2) is 5.43 Å². The first-order valence-electron chi connectivity index (χ1n) is 7.35. The highest BCUT2D eigenvalue weighted by Crippen LogP contribution is 2.35. The molecule has 0 fully saturated rings. The van der Waals surface area contributed by atoms with Crippen molar-refractivity contribution in [1.82, 2.24) is 5.43 Å². The van der Waals surface area contributed by atoms with E-state index in [0.717, 1.165) is 0 Å². The molecule has 132 valence electrons. The van der Waals surface area contributed by atoms with Gasteiger partial charge in [-0.2, -0.15) is 5.10 Å². The first kappa shape index (κ1) is 19.1. The van der Waals surface area contributed by atoms with Gasteiger partial charge in [0, 0.05) is 5.02 Å². The van der Waals surface area contributed by atoms with E-state index in [2.05, 4.69) is 26.5 Å². The summed E-state index contributed by atoms with van der Waals surface area (Å²) in [7, 11) is 0. The van der Waals surface area contributed by atoms with Crippen molar-refractivity contribution < 1.29 is 19.4 Å². The Labute approximate surface area is 158 Å². The number of rotatable bonds is 7. The van der Waals surface area contributed by atoms with Crippen molar-refractivity contribution >= 4 is 39.7 Å². The number of nitrogens with one attached hydrogen (secondary N) is 1. The van der Waals surface area contributed by atoms with Crippen LogP contribution < -0.4 is 14.9 Å². The molecule has 2 rings (SSSR count). The van der Waals surface area contributed by atoms with E-state index in [4.69, 9.17) is 21.1 Å². The van der Waals surface area contributed by atoms with Crippen LogP contribution in [0.5, 0.6) is 17.2 Å². The van der Waals surface area contributed by atoms with Gasteiger partial charge in [-0.3, -0.25) is 4.79 Å². The van der Waals surface area contributed by atoms with Crippen molar-refractivity contribution in [1.29, 1.82) is 0 Å². The zero-order chi connectivity index (χ0) is 18.2. The van der Waals surface area contributed by atoms with Crippen LogP contribution in [0.4, 0.5) is 0 Å². The zero-order valence-corrected chi connectivity index (χ0v) is 15.7. The molecule has 6 nitrogen and oxygen atoms in total. The highest BCUT2D eigenvalue weighted by molar-refractivity contribution is 9.10. The Bertz CT molecular complexity index is 783. The number of amides is 1. The number of aromatic hydroxyl groups is 1. The topological polar surface area (TPSA) is 80.2 Å². The van der Waals surface area contributed by atoms with Crippen LogP contribution in [0.2, 0.25) is 5.02 Å². The minimum atomic E-state index is -0.417.